The second kappa shape index (κ2) is 3.32. The number of hydrogen-bond acceptors (Lipinski definition) is 3. The van der Waals surface area contributed by atoms with Crippen molar-refractivity contribution in [2.75, 3.05) is 0 Å². The van der Waals surface area contributed by atoms with Crippen LogP contribution < -0.4 is 0 Å². The third-order valence-electron chi connectivity index (χ3n) is 1.13. The first kappa shape index (κ1) is 7.98. The largest absolute Gasteiger partial charge is 0.505 e. The smallest absolute Gasteiger partial charge is 0.240 e. The van der Waals surface area contributed by atoms with E-state index in [2.05, 4.69) is 20.9 Å². The quantitative estimate of drug-likeness (QED) is 0.574. The van der Waals surface area contributed by atoms with Gasteiger partial charge in [-0.1, -0.05) is 6.07 Å². The van der Waals surface area contributed by atoms with Gasteiger partial charge in [-0.05, 0) is 28.1 Å². The minimum atomic E-state index is -0.0455. The summed E-state index contributed by atoms with van der Waals surface area (Å²) in [6.45, 7) is 0. The number of phenols is 1. The summed E-state index contributed by atoms with van der Waals surface area (Å²) in [6.07, 6.45) is 1.35. The Balaban J connectivity index is 3.26. The zero-order valence-electron chi connectivity index (χ0n) is 5.41. The van der Waals surface area contributed by atoms with E-state index in [0.29, 0.717) is 4.47 Å². The molecule has 3 nitrogen and oxygen atoms in total. The standard InChI is InChI=1S/C7H4BrNO2/c8-5-2-1-3-6(7(5)11)9-4-10/h1-3,11H. The predicted octanol–water partition coefficient (Wildman–Crippen LogP) is 2.12. The molecule has 0 heterocycles. The fraction of sp³-hybridized carbons (Fsp3) is 0. The summed E-state index contributed by atoms with van der Waals surface area (Å²) < 4.78 is 0.508. The third kappa shape index (κ3) is 1.67. The van der Waals surface area contributed by atoms with Gasteiger partial charge in [-0.2, -0.15) is 4.99 Å². The Kier molecular flexibility index (Phi) is 2.41. The normalized spacial score (nSPS) is 8.82. The van der Waals surface area contributed by atoms with Crippen molar-refractivity contribution in [3.63, 3.8) is 0 Å². The fourth-order valence-electron chi connectivity index (χ4n) is 0.643. The second-order valence-corrected chi connectivity index (χ2v) is 2.66. The summed E-state index contributed by atoms with van der Waals surface area (Å²) in [4.78, 5) is 13.1. The van der Waals surface area contributed by atoms with Crippen LogP contribution in [0, 0.1) is 0 Å². The van der Waals surface area contributed by atoms with Gasteiger partial charge in [0.15, 0.2) is 5.75 Å². The first-order valence-electron chi connectivity index (χ1n) is 2.81. The summed E-state index contributed by atoms with van der Waals surface area (Å²) in [7, 11) is 0. The van der Waals surface area contributed by atoms with Crippen LogP contribution in [0.15, 0.2) is 27.7 Å². The Morgan fingerprint density at radius 3 is 2.91 bits per heavy atom. The summed E-state index contributed by atoms with van der Waals surface area (Å²) in [6, 6.07) is 4.84. The van der Waals surface area contributed by atoms with Crippen molar-refractivity contribution in [3.8, 4) is 5.75 Å². The molecule has 0 radical (unpaired) electrons. The van der Waals surface area contributed by atoms with Gasteiger partial charge in [0.1, 0.15) is 5.69 Å². The van der Waals surface area contributed by atoms with Gasteiger partial charge in [0, 0.05) is 0 Å². The highest BCUT2D eigenvalue weighted by Gasteiger charge is 2.01. The number of nitrogens with zero attached hydrogens (tertiary/aromatic N) is 1. The fourth-order valence-corrected chi connectivity index (χ4v) is 0.999. The Labute approximate surface area is 71.5 Å². The highest BCUT2D eigenvalue weighted by atomic mass is 79.9. The molecule has 0 aliphatic carbocycles. The number of carbonyl (C=O) groups excluding carboxylic acids is 1. The van der Waals surface area contributed by atoms with Gasteiger partial charge >= 0.3 is 0 Å². The number of aliphatic imine (C=N–C) groups is 1. The number of benzene rings is 1. The van der Waals surface area contributed by atoms with Crippen molar-refractivity contribution in [1.82, 2.24) is 0 Å². The molecule has 0 saturated carbocycles. The maximum Gasteiger partial charge on any atom is 0.240 e. The molecule has 0 atom stereocenters. The Morgan fingerprint density at radius 2 is 2.27 bits per heavy atom. The lowest BCUT2D eigenvalue weighted by atomic mass is 10.3. The molecule has 1 aromatic carbocycles. The first-order valence-corrected chi connectivity index (χ1v) is 3.60. The topological polar surface area (TPSA) is 49.7 Å². The zero-order valence-corrected chi connectivity index (χ0v) is 7.00. The molecule has 1 N–H and O–H groups in total. The maximum atomic E-state index is 9.82. The van der Waals surface area contributed by atoms with Gasteiger partial charge in [-0.25, -0.2) is 4.79 Å². The Bertz CT molecular complexity index is 318. The van der Waals surface area contributed by atoms with Gasteiger partial charge < -0.3 is 5.11 Å². The summed E-state index contributed by atoms with van der Waals surface area (Å²) in [5.41, 5.74) is 0.217. The second-order valence-electron chi connectivity index (χ2n) is 1.81. The molecular weight excluding hydrogens is 210 g/mol. The Hall–Kier alpha value is -1.12. The lowest BCUT2D eigenvalue weighted by Gasteiger charge is -1.96. The molecule has 1 aromatic rings. The third-order valence-corrected chi connectivity index (χ3v) is 1.77. The summed E-state index contributed by atoms with van der Waals surface area (Å²) >= 11 is 3.08. The van der Waals surface area contributed by atoms with E-state index >= 15 is 0 Å². The molecule has 4 heteroatoms. The van der Waals surface area contributed by atoms with Crippen LogP contribution in [-0.4, -0.2) is 11.2 Å². The van der Waals surface area contributed by atoms with Crippen molar-refractivity contribution in [2.45, 2.75) is 0 Å². The van der Waals surface area contributed by atoms with Crippen LogP contribution in [-0.2, 0) is 4.79 Å². The average molecular weight is 214 g/mol. The van der Waals surface area contributed by atoms with Crippen molar-refractivity contribution in [1.29, 1.82) is 0 Å². The van der Waals surface area contributed by atoms with Gasteiger partial charge in [0.25, 0.3) is 0 Å². The SMILES string of the molecule is O=C=Nc1cccc(Br)c1O. The molecule has 0 fully saturated rings. The van der Waals surface area contributed by atoms with E-state index in [1.165, 1.54) is 12.1 Å². The van der Waals surface area contributed by atoms with Gasteiger partial charge in [0.05, 0.1) is 4.47 Å². The predicted molar refractivity (Wildman–Crippen MR) is 43.6 cm³/mol. The highest BCUT2D eigenvalue weighted by molar-refractivity contribution is 9.10. The maximum absolute atomic E-state index is 9.82. The number of hydrogen-bond donors (Lipinski definition) is 1. The van der Waals surface area contributed by atoms with E-state index in [0.717, 1.165) is 0 Å². The first-order chi connectivity index (χ1) is 5.25. The lowest BCUT2D eigenvalue weighted by Crippen LogP contribution is -1.69. The summed E-state index contributed by atoms with van der Waals surface area (Å²) in [5.74, 6) is -0.0455. The molecule has 1 rings (SSSR count). The van der Waals surface area contributed by atoms with Crippen molar-refractivity contribution >= 4 is 27.7 Å². The van der Waals surface area contributed by atoms with Crippen LogP contribution in [0.4, 0.5) is 5.69 Å². The van der Waals surface area contributed by atoms with Crippen LogP contribution >= 0.6 is 15.9 Å². The molecule has 0 saturated heterocycles. The van der Waals surface area contributed by atoms with Gasteiger partial charge in [0.2, 0.25) is 6.08 Å². The van der Waals surface area contributed by atoms with E-state index in [1.54, 1.807) is 12.1 Å². The molecule has 0 aliphatic heterocycles. The number of isocyanates is 1. The number of aromatic hydroxyl groups is 1. The average Bonchev–Trinajstić information content (AvgIpc) is 1.99. The minimum Gasteiger partial charge on any atom is -0.505 e. The van der Waals surface area contributed by atoms with E-state index in [-0.39, 0.29) is 11.4 Å². The van der Waals surface area contributed by atoms with Crippen molar-refractivity contribution < 1.29 is 9.90 Å². The number of halogens is 1. The molecule has 0 unspecified atom stereocenters. The highest BCUT2D eigenvalue weighted by Crippen LogP contribution is 2.32. The van der Waals surface area contributed by atoms with E-state index in [1.807, 2.05) is 0 Å². The van der Waals surface area contributed by atoms with Crippen molar-refractivity contribution in [3.05, 3.63) is 22.7 Å². The molecule has 0 spiro atoms. The molecule has 0 bridgehead atoms. The van der Waals surface area contributed by atoms with E-state index in [9.17, 15) is 9.90 Å². The molecule has 0 aromatic heterocycles. The van der Waals surface area contributed by atoms with Crippen LogP contribution in [0.25, 0.3) is 0 Å². The van der Waals surface area contributed by atoms with Gasteiger partial charge in [-0.3, -0.25) is 0 Å². The lowest BCUT2D eigenvalue weighted by molar-refractivity contribution is 0.473. The molecular formula is C7H4BrNO2. The molecule has 11 heavy (non-hydrogen) atoms. The van der Waals surface area contributed by atoms with Crippen LogP contribution in [0.3, 0.4) is 0 Å². The Morgan fingerprint density at radius 1 is 1.55 bits per heavy atom. The van der Waals surface area contributed by atoms with Gasteiger partial charge in [-0.15, -0.1) is 0 Å². The molecule has 0 amide bonds. The van der Waals surface area contributed by atoms with E-state index in [4.69, 9.17) is 0 Å². The van der Waals surface area contributed by atoms with Crippen LogP contribution in [0.2, 0.25) is 0 Å². The number of rotatable bonds is 1. The monoisotopic (exact) mass is 213 g/mol. The minimum absolute atomic E-state index is 0.0455. The molecule has 56 valence electrons. The van der Waals surface area contributed by atoms with Crippen molar-refractivity contribution in [2.24, 2.45) is 4.99 Å². The number of phenolic OH excluding ortho intramolecular Hbond substituents is 1. The molecule has 0 aliphatic rings. The van der Waals surface area contributed by atoms with Crippen LogP contribution in [0.1, 0.15) is 0 Å². The van der Waals surface area contributed by atoms with Crippen LogP contribution in [0.5, 0.6) is 5.75 Å². The summed E-state index contributed by atoms with van der Waals surface area (Å²) in [5, 5.41) is 9.21. The van der Waals surface area contributed by atoms with E-state index < -0.39 is 0 Å². The zero-order chi connectivity index (χ0) is 8.27. The number of para-hydroxylation sites is 1.